The van der Waals surface area contributed by atoms with Crippen LogP contribution >= 0.6 is 11.6 Å². The first-order valence-corrected chi connectivity index (χ1v) is 7.02. The van der Waals surface area contributed by atoms with Crippen LogP contribution < -0.4 is 4.74 Å². The number of hydrogen-bond acceptors (Lipinski definition) is 3. The van der Waals surface area contributed by atoms with Crippen LogP contribution in [0, 0.1) is 5.92 Å². The van der Waals surface area contributed by atoms with E-state index in [-0.39, 0.29) is 5.75 Å². The Balaban J connectivity index is 1.66. The Morgan fingerprint density at radius 2 is 2.10 bits per heavy atom. The van der Waals surface area contributed by atoms with Gasteiger partial charge in [-0.15, -0.1) is 0 Å². The molecule has 6 heteroatoms. The van der Waals surface area contributed by atoms with E-state index in [1.54, 1.807) is 6.07 Å². The van der Waals surface area contributed by atoms with E-state index in [4.69, 9.17) is 11.6 Å². The number of rotatable bonds is 5. The molecule has 0 spiro atoms. The highest BCUT2D eigenvalue weighted by Gasteiger charge is 2.51. The van der Waals surface area contributed by atoms with Crippen LogP contribution in [0.3, 0.4) is 0 Å². The Bertz CT molecular complexity index is 502. The Morgan fingerprint density at radius 1 is 1.40 bits per heavy atom. The van der Waals surface area contributed by atoms with Crippen molar-refractivity contribution in [1.82, 2.24) is 4.90 Å². The summed E-state index contributed by atoms with van der Waals surface area (Å²) in [6, 6.07) is 4.61. The van der Waals surface area contributed by atoms with Gasteiger partial charge in [0, 0.05) is 30.2 Å². The summed E-state index contributed by atoms with van der Waals surface area (Å²) in [6.45, 7) is -1.23. The molecule has 1 saturated heterocycles. The van der Waals surface area contributed by atoms with E-state index >= 15 is 0 Å². The fourth-order valence-corrected chi connectivity index (χ4v) is 3.04. The van der Waals surface area contributed by atoms with Crippen molar-refractivity contribution in [3.8, 4) is 5.75 Å². The lowest BCUT2D eigenvalue weighted by Gasteiger charge is -2.47. The van der Waals surface area contributed by atoms with Gasteiger partial charge in [0.25, 0.3) is 0 Å². The highest BCUT2D eigenvalue weighted by molar-refractivity contribution is 6.30. The summed E-state index contributed by atoms with van der Waals surface area (Å²) in [4.78, 5) is 2.02. The van der Waals surface area contributed by atoms with E-state index in [0.717, 1.165) is 12.8 Å². The molecule has 0 unspecified atom stereocenters. The number of likely N-dealkylation sites (tertiary alicyclic amines) is 1. The maximum absolute atomic E-state index is 12.4. The minimum Gasteiger partial charge on any atom is -0.434 e. The fraction of sp³-hybridized carbons (Fsp3) is 0.571. The number of benzene rings is 1. The minimum absolute atomic E-state index is 0.145. The molecule has 1 heterocycles. The van der Waals surface area contributed by atoms with Crippen molar-refractivity contribution in [1.29, 1.82) is 0 Å². The summed E-state index contributed by atoms with van der Waals surface area (Å²) in [5, 5.41) is 10.7. The molecule has 3 rings (SSSR count). The van der Waals surface area contributed by atoms with E-state index in [2.05, 4.69) is 4.74 Å². The van der Waals surface area contributed by atoms with E-state index < -0.39 is 12.2 Å². The molecular formula is C14H16ClF2NO2. The summed E-state index contributed by atoms with van der Waals surface area (Å²) in [5.41, 5.74) is 0.0399. The van der Waals surface area contributed by atoms with Gasteiger partial charge in [0.2, 0.25) is 0 Å². The van der Waals surface area contributed by atoms with E-state index in [9.17, 15) is 13.9 Å². The molecule has 20 heavy (non-hydrogen) atoms. The zero-order valence-electron chi connectivity index (χ0n) is 10.9. The van der Waals surface area contributed by atoms with Gasteiger partial charge in [-0.1, -0.05) is 11.6 Å². The number of alkyl halides is 2. The van der Waals surface area contributed by atoms with Gasteiger partial charge >= 0.3 is 6.61 Å². The first-order chi connectivity index (χ1) is 9.46. The van der Waals surface area contributed by atoms with Crippen LogP contribution in [0.25, 0.3) is 0 Å². The van der Waals surface area contributed by atoms with Crippen molar-refractivity contribution in [2.45, 2.75) is 31.6 Å². The molecule has 1 aromatic carbocycles. The van der Waals surface area contributed by atoms with Crippen molar-refractivity contribution in [2.75, 3.05) is 13.1 Å². The molecule has 0 amide bonds. The number of halogens is 3. The first-order valence-electron chi connectivity index (χ1n) is 6.64. The molecule has 0 bridgehead atoms. The lowest BCUT2D eigenvalue weighted by atomic mass is 9.88. The van der Waals surface area contributed by atoms with Gasteiger partial charge in [0.05, 0.1) is 5.60 Å². The van der Waals surface area contributed by atoms with Crippen LogP contribution in [0.15, 0.2) is 18.2 Å². The Morgan fingerprint density at radius 3 is 2.70 bits per heavy atom. The molecule has 2 aliphatic rings. The SMILES string of the molecule is OC1(C2CC2)CN(Cc2cc(Cl)ccc2OC(F)F)C1. The quantitative estimate of drug-likeness (QED) is 0.908. The fourth-order valence-electron chi connectivity index (χ4n) is 2.84. The summed E-state index contributed by atoms with van der Waals surface area (Å²) in [5.74, 6) is 0.557. The molecule has 0 atom stereocenters. The van der Waals surface area contributed by atoms with E-state index in [0.29, 0.717) is 36.1 Å². The topological polar surface area (TPSA) is 32.7 Å². The maximum atomic E-state index is 12.4. The lowest BCUT2D eigenvalue weighted by molar-refractivity contribution is -0.117. The summed E-state index contributed by atoms with van der Waals surface area (Å²) in [7, 11) is 0. The van der Waals surface area contributed by atoms with E-state index in [1.165, 1.54) is 12.1 Å². The number of β-amino-alcohol motifs (C(OH)–C–C–N with tert-alkyl or cyclic N) is 1. The molecule has 0 aromatic heterocycles. The minimum atomic E-state index is -2.85. The van der Waals surface area contributed by atoms with Crippen LogP contribution in [0.5, 0.6) is 5.75 Å². The second-order valence-corrected chi connectivity index (χ2v) is 6.09. The van der Waals surface area contributed by atoms with Crippen LogP contribution in [-0.4, -0.2) is 35.3 Å². The lowest BCUT2D eigenvalue weighted by Crippen LogP contribution is -2.62. The van der Waals surface area contributed by atoms with Crippen molar-refractivity contribution in [3.63, 3.8) is 0 Å². The third-order valence-corrected chi connectivity index (χ3v) is 4.20. The molecule has 3 nitrogen and oxygen atoms in total. The number of ether oxygens (including phenoxy) is 1. The number of hydrogen-bond donors (Lipinski definition) is 1. The van der Waals surface area contributed by atoms with Gasteiger partial charge < -0.3 is 9.84 Å². The molecule has 1 aliphatic carbocycles. The predicted octanol–water partition coefficient (Wildman–Crippen LogP) is 2.90. The zero-order chi connectivity index (χ0) is 14.3. The van der Waals surface area contributed by atoms with Gasteiger partial charge in [-0.2, -0.15) is 8.78 Å². The third kappa shape index (κ3) is 2.90. The predicted molar refractivity (Wildman–Crippen MR) is 71.0 cm³/mol. The van der Waals surface area contributed by atoms with Crippen molar-refractivity contribution < 1.29 is 18.6 Å². The maximum Gasteiger partial charge on any atom is 0.387 e. The highest BCUT2D eigenvalue weighted by atomic mass is 35.5. The van der Waals surface area contributed by atoms with Crippen LogP contribution in [0.4, 0.5) is 8.78 Å². The molecule has 1 N–H and O–H groups in total. The second-order valence-electron chi connectivity index (χ2n) is 5.65. The van der Waals surface area contributed by atoms with Crippen LogP contribution in [-0.2, 0) is 6.54 Å². The van der Waals surface area contributed by atoms with Crippen molar-refractivity contribution in [3.05, 3.63) is 28.8 Å². The van der Waals surface area contributed by atoms with Crippen molar-refractivity contribution in [2.24, 2.45) is 5.92 Å². The molecule has 1 saturated carbocycles. The first kappa shape index (κ1) is 14.0. The van der Waals surface area contributed by atoms with Crippen LogP contribution in [0.2, 0.25) is 5.02 Å². The average Bonchev–Trinajstić information content (AvgIpc) is 3.14. The van der Waals surface area contributed by atoms with Gasteiger partial charge in [-0.05, 0) is 37.0 Å². The normalized spacial score (nSPS) is 21.9. The van der Waals surface area contributed by atoms with E-state index in [1.807, 2.05) is 4.90 Å². The average molecular weight is 304 g/mol. The highest BCUT2D eigenvalue weighted by Crippen LogP contribution is 2.45. The number of nitrogens with zero attached hydrogens (tertiary/aromatic N) is 1. The molecule has 110 valence electrons. The van der Waals surface area contributed by atoms with Crippen LogP contribution in [0.1, 0.15) is 18.4 Å². The summed E-state index contributed by atoms with van der Waals surface area (Å²) < 4.78 is 29.2. The smallest absolute Gasteiger partial charge is 0.387 e. The van der Waals surface area contributed by atoms with Gasteiger partial charge in [0.15, 0.2) is 0 Å². The Kier molecular flexibility index (Phi) is 3.60. The molecule has 2 fully saturated rings. The summed E-state index contributed by atoms with van der Waals surface area (Å²) >= 11 is 5.90. The van der Waals surface area contributed by atoms with Crippen molar-refractivity contribution >= 4 is 11.6 Å². The molecule has 1 aromatic rings. The van der Waals surface area contributed by atoms with Gasteiger partial charge in [-0.25, -0.2) is 0 Å². The standard InChI is InChI=1S/C14H16ClF2NO2/c15-11-3-4-12(20-13(16)17)9(5-11)6-18-7-14(19,8-18)10-1-2-10/h3-5,10,13,19H,1-2,6-8H2. The zero-order valence-corrected chi connectivity index (χ0v) is 11.6. The molecule has 0 radical (unpaired) electrons. The van der Waals surface area contributed by atoms with Gasteiger partial charge in [-0.3, -0.25) is 4.90 Å². The summed E-state index contributed by atoms with van der Waals surface area (Å²) in [6.07, 6.45) is 2.17. The Hall–Kier alpha value is -0.910. The molecular weight excluding hydrogens is 288 g/mol. The monoisotopic (exact) mass is 303 g/mol. The largest absolute Gasteiger partial charge is 0.434 e. The second kappa shape index (κ2) is 5.13. The molecule has 1 aliphatic heterocycles. The Labute approximate surface area is 121 Å². The number of aliphatic hydroxyl groups is 1. The van der Waals surface area contributed by atoms with Gasteiger partial charge in [0.1, 0.15) is 5.75 Å². The third-order valence-electron chi connectivity index (χ3n) is 3.96.